The van der Waals surface area contributed by atoms with Crippen molar-refractivity contribution in [2.24, 2.45) is 17.8 Å². The molecule has 2 aliphatic rings. The number of aliphatic hydroxyl groups excluding tert-OH is 2. The van der Waals surface area contributed by atoms with Crippen LogP contribution in [0.3, 0.4) is 0 Å². The Morgan fingerprint density at radius 2 is 1.97 bits per heavy atom. The summed E-state index contributed by atoms with van der Waals surface area (Å²) >= 11 is 0. The van der Waals surface area contributed by atoms with Gasteiger partial charge in [-0.05, 0) is 61.8 Å². The van der Waals surface area contributed by atoms with Crippen LogP contribution in [0.5, 0.6) is 5.75 Å². The van der Waals surface area contributed by atoms with Crippen LogP contribution in [0, 0.1) is 17.8 Å². The molecule has 184 valence electrons. The van der Waals surface area contributed by atoms with Crippen LogP contribution in [-0.4, -0.2) is 52.8 Å². The molecule has 9 heteroatoms. The first-order chi connectivity index (χ1) is 15.6. The second-order valence-electron chi connectivity index (χ2n) is 8.93. The lowest BCUT2D eigenvalue weighted by Crippen LogP contribution is -2.22. The Morgan fingerprint density at radius 1 is 1.24 bits per heavy atom. The summed E-state index contributed by atoms with van der Waals surface area (Å²) in [6.07, 6.45) is 1.13. The minimum Gasteiger partial charge on any atom is -0.491 e. The van der Waals surface area contributed by atoms with E-state index >= 15 is 0 Å². The minimum atomic E-state index is -4.42. The monoisotopic (exact) mass is 472 g/mol. The van der Waals surface area contributed by atoms with Crippen molar-refractivity contribution in [3.05, 3.63) is 42.0 Å². The van der Waals surface area contributed by atoms with Gasteiger partial charge in [0.1, 0.15) is 18.5 Å². The molecule has 2 fully saturated rings. The Hall–Kier alpha value is -2.10. The lowest BCUT2D eigenvalue weighted by atomic mass is 9.86. The first-order valence-corrected chi connectivity index (χ1v) is 11.3. The summed E-state index contributed by atoms with van der Waals surface area (Å²) in [6.45, 7) is 0.439. The van der Waals surface area contributed by atoms with Crippen LogP contribution in [0.1, 0.15) is 44.1 Å². The molecular weight excluding hydrogens is 441 g/mol. The minimum absolute atomic E-state index is 0.0698. The molecule has 0 amide bonds. The molecular formula is C24H31F3O6. The summed E-state index contributed by atoms with van der Waals surface area (Å²) in [5.41, 5.74) is -0.769. The Labute approximate surface area is 191 Å². The summed E-state index contributed by atoms with van der Waals surface area (Å²) in [7, 11) is 0. The zero-order valence-corrected chi connectivity index (χ0v) is 18.3. The molecule has 0 aromatic heterocycles. The van der Waals surface area contributed by atoms with E-state index < -0.39 is 29.9 Å². The lowest BCUT2D eigenvalue weighted by molar-refractivity contribution is -0.138. The standard InChI is InChI=1S/C24H31F3O6/c25-24(26,27)16-5-8-18(9-6-16)32-14-17(28)7-11-19-20-10-4-15(2-1-3-23(30)31)13-33-22(20)12-21(19)29/h5-9,11,15,17,19-22,28-29H,1-4,10,12-14H2,(H,30,31)/b11-7+/t15-,17+,19+,20+,21+,22-/m0/s1. The number of aliphatic carboxylic acids is 1. The van der Waals surface area contributed by atoms with Crippen molar-refractivity contribution in [2.45, 2.75) is 63.0 Å². The average molecular weight is 473 g/mol. The van der Waals surface area contributed by atoms with Crippen molar-refractivity contribution in [3.63, 3.8) is 0 Å². The van der Waals surface area contributed by atoms with Crippen LogP contribution < -0.4 is 4.74 Å². The molecule has 1 saturated carbocycles. The Morgan fingerprint density at radius 3 is 2.64 bits per heavy atom. The van der Waals surface area contributed by atoms with Crippen molar-refractivity contribution >= 4 is 5.97 Å². The van der Waals surface area contributed by atoms with Crippen LogP contribution in [0.15, 0.2) is 36.4 Å². The molecule has 6 atom stereocenters. The Kier molecular flexibility index (Phi) is 8.78. The number of ether oxygens (including phenoxy) is 2. The topological polar surface area (TPSA) is 96.2 Å². The van der Waals surface area contributed by atoms with Gasteiger partial charge in [-0.25, -0.2) is 0 Å². The molecule has 0 bridgehead atoms. The zero-order chi connectivity index (χ0) is 24.0. The molecule has 33 heavy (non-hydrogen) atoms. The maximum atomic E-state index is 12.6. The molecule has 1 aromatic rings. The van der Waals surface area contributed by atoms with Crippen LogP contribution >= 0.6 is 0 Å². The van der Waals surface area contributed by atoms with E-state index in [-0.39, 0.29) is 36.7 Å². The largest absolute Gasteiger partial charge is 0.491 e. The van der Waals surface area contributed by atoms with E-state index in [9.17, 15) is 28.2 Å². The van der Waals surface area contributed by atoms with Gasteiger partial charge in [0.25, 0.3) is 0 Å². The van der Waals surface area contributed by atoms with E-state index in [2.05, 4.69) is 0 Å². The number of benzene rings is 1. The number of hydrogen-bond acceptors (Lipinski definition) is 5. The van der Waals surface area contributed by atoms with Gasteiger partial charge in [-0.15, -0.1) is 0 Å². The van der Waals surface area contributed by atoms with E-state index in [1.807, 2.05) is 0 Å². The van der Waals surface area contributed by atoms with Gasteiger partial charge in [-0.3, -0.25) is 4.79 Å². The normalized spacial score (nSPS) is 28.9. The second kappa shape index (κ2) is 11.4. The SMILES string of the molecule is O=C(O)CCC[C@H]1CC[C@@H]2[C@@H](/C=C/[C@@H](O)COc3ccc(C(F)(F)F)cc3)[C@H](O)C[C@@H]2OC1. The zero-order valence-electron chi connectivity index (χ0n) is 18.3. The molecule has 1 aliphatic heterocycles. The Bertz CT molecular complexity index is 794. The third-order valence-corrected chi connectivity index (χ3v) is 6.51. The number of rotatable bonds is 9. The number of carboxylic acids is 1. The van der Waals surface area contributed by atoms with Gasteiger partial charge in [0.05, 0.1) is 17.8 Å². The molecule has 1 aliphatic carbocycles. The molecule has 1 heterocycles. The predicted molar refractivity (Wildman–Crippen MR) is 114 cm³/mol. The van der Waals surface area contributed by atoms with Crippen molar-refractivity contribution in [3.8, 4) is 5.75 Å². The number of aliphatic hydroxyl groups is 2. The van der Waals surface area contributed by atoms with E-state index in [1.165, 1.54) is 12.1 Å². The molecule has 3 N–H and O–H groups in total. The van der Waals surface area contributed by atoms with Crippen molar-refractivity contribution in [1.82, 2.24) is 0 Å². The smallest absolute Gasteiger partial charge is 0.416 e. The summed E-state index contributed by atoms with van der Waals surface area (Å²) in [5.74, 6) is -0.324. The summed E-state index contributed by atoms with van der Waals surface area (Å²) < 4.78 is 49.3. The van der Waals surface area contributed by atoms with Gasteiger partial charge >= 0.3 is 12.1 Å². The van der Waals surface area contributed by atoms with E-state index in [0.717, 1.165) is 31.4 Å². The number of carboxylic acid groups (broad SMARTS) is 1. The van der Waals surface area contributed by atoms with Gasteiger partial charge in [0.15, 0.2) is 0 Å². The fraction of sp³-hybridized carbons (Fsp3) is 0.625. The molecule has 1 aromatic carbocycles. The lowest BCUT2D eigenvalue weighted by Gasteiger charge is -2.21. The van der Waals surface area contributed by atoms with Crippen molar-refractivity contribution in [1.29, 1.82) is 0 Å². The predicted octanol–water partition coefficient (Wildman–Crippen LogP) is 4.05. The highest BCUT2D eigenvalue weighted by Gasteiger charge is 2.43. The number of alkyl halides is 3. The summed E-state index contributed by atoms with van der Waals surface area (Å²) in [4.78, 5) is 10.7. The quantitative estimate of drug-likeness (QED) is 0.470. The molecule has 0 unspecified atom stereocenters. The van der Waals surface area contributed by atoms with Gasteiger partial charge in [-0.1, -0.05) is 12.2 Å². The fourth-order valence-electron chi connectivity index (χ4n) is 4.72. The molecule has 6 nitrogen and oxygen atoms in total. The Balaban J connectivity index is 1.48. The first-order valence-electron chi connectivity index (χ1n) is 11.3. The third-order valence-electron chi connectivity index (χ3n) is 6.51. The van der Waals surface area contributed by atoms with Crippen LogP contribution in [0.2, 0.25) is 0 Å². The van der Waals surface area contributed by atoms with Crippen LogP contribution in [0.4, 0.5) is 13.2 Å². The second-order valence-corrected chi connectivity index (χ2v) is 8.93. The fourth-order valence-corrected chi connectivity index (χ4v) is 4.72. The van der Waals surface area contributed by atoms with Crippen molar-refractivity contribution < 1.29 is 42.8 Å². The maximum Gasteiger partial charge on any atom is 0.416 e. The molecule has 3 rings (SSSR count). The molecule has 0 spiro atoms. The molecule has 0 radical (unpaired) electrons. The number of hydrogen-bond donors (Lipinski definition) is 3. The maximum absolute atomic E-state index is 12.6. The number of fused-ring (bicyclic) bond motifs is 1. The number of halogens is 3. The molecule has 1 saturated heterocycles. The average Bonchev–Trinajstić information content (AvgIpc) is 2.92. The summed E-state index contributed by atoms with van der Waals surface area (Å²) in [6, 6.07) is 4.27. The first kappa shape index (κ1) is 25.5. The third kappa shape index (κ3) is 7.45. The van der Waals surface area contributed by atoms with E-state index in [0.29, 0.717) is 25.4 Å². The van der Waals surface area contributed by atoms with Gasteiger partial charge in [0.2, 0.25) is 0 Å². The van der Waals surface area contributed by atoms with Crippen LogP contribution in [-0.2, 0) is 15.7 Å². The van der Waals surface area contributed by atoms with Gasteiger partial charge in [-0.2, -0.15) is 13.2 Å². The van der Waals surface area contributed by atoms with E-state index in [1.54, 1.807) is 12.2 Å². The number of carbonyl (C=O) groups is 1. The van der Waals surface area contributed by atoms with E-state index in [4.69, 9.17) is 14.6 Å². The highest BCUT2D eigenvalue weighted by Crippen LogP contribution is 2.42. The van der Waals surface area contributed by atoms with Gasteiger partial charge in [0, 0.05) is 25.4 Å². The summed E-state index contributed by atoms with van der Waals surface area (Å²) in [5, 5.41) is 29.5. The highest BCUT2D eigenvalue weighted by molar-refractivity contribution is 5.66. The highest BCUT2D eigenvalue weighted by atomic mass is 19.4. The van der Waals surface area contributed by atoms with Crippen molar-refractivity contribution in [2.75, 3.05) is 13.2 Å². The van der Waals surface area contributed by atoms with Gasteiger partial charge < -0.3 is 24.8 Å². The van der Waals surface area contributed by atoms with Crippen LogP contribution in [0.25, 0.3) is 0 Å².